The van der Waals surface area contributed by atoms with Gasteiger partial charge in [0.05, 0.1) is 30.4 Å². The van der Waals surface area contributed by atoms with Gasteiger partial charge in [-0.25, -0.2) is 8.42 Å². The van der Waals surface area contributed by atoms with E-state index in [1.54, 1.807) is 44.3 Å². The quantitative estimate of drug-likeness (QED) is 0.465. The molecule has 2 aromatic rings. The Kier molecular flexibility index (Phi) is 8.72. The number of rotatable bonds is 10. The number of unbranched alkanes of at least 4 members (excludes halogenated alkanes) is 2. The lowest BCUT2D eigenvalue weighted by Crippen LogP contribution is -2.50. The van der Waals surface area contributed by atoms with Crippen LogP contribution in [0, 0.1) is 0 Å². The van der Waals surface area contributed by atoms with Gasteiger partial charge in [0.2, 0.25) is 15.8 Å². The van der Waals surface area contributed by atoms with Crippen molar-refractivity contribution in [1.29, 1.82) is 0 Å². The fraction of sp³-hybridized carbons (Fsp3) is 0.545. The van der Waals surface area contributed by atoms with Crippen LogP contribution < -0.4 is 15.2 Å². The Morgan fingerprint density at radius 1 is 1.15 bits per heavy atom. The molecule has 1 aromatic carbocycles. The number of halogens is 2. The summed E-state index contributed by atoms with van der Waals surface area (Å²) in [5.41, 5.74) is 0.594. The van der Waals surface area contributed by atoms with E-state index >= 15 is 0 Å². The molecule has 0 bridgehead atoms. The van der Waals surface area contributed by atoms with Crippen LogP contribution in [0.15, 0.2) is 35.3 Å². The van der Waals surface area contributed by atoms with Crippen molar-refractivity contribution in [3.8, 4) is 11.4 Å². The lowest BCUT2D eigenvalue weighted by molar-refractivity contribution is 0.294. The average Bonchev–Trinajstić information content (AvgIpc) is 2.79. The highest BCUT2D eigenvalue weighted by Gasteiger charge is 2.31. The van der Waals surface area contributed by atoms with E-state index in [1.165, 1.54) is 8.99 Å². The summed E-state index contributed by atoms with van der Waals surface area (Å²) in [5.74, 6) is 0.144. The monoisotopic (exact) mass is 500 g/mol. The number of anilines is 1. The van der Waals surface area contributed by atoms with Crippen LogP contribution >= 0.6 is 11.6 Å². The van der Waals surface area contributed by atoms with Gasteiger partial charge in [-0.2, -0.15) is 14.1 Å². The average molecular weight is 501 g/mol. The summed E-state index contributed by atoms with van der Waals surface area (Å²) in [4.78, 5) is 15.2. The van der Waals surface area contributed by atoms with Crippen molar-refractivity contribution in [3.05, 3.63) is 45.8 Å². The van der Waals surface area contributed by atoms with E-state index in [0.29, 0.717) is 61.8 Å². The van der Waals surface area contributed by atoms with Crippen LogP contribution in [0.25, 0.3) is 5.69 Å². The van der Waals surface area contributed by atoms with Crippen molar-refractivity contribution in [2.45, 2.75) is 38.4 Å². The minimum atomic E-state index is -3.34. The van der Waals surface area contributed by atoms with Gasteiger partial charge in [0.1, 0.15) is 5.69 Å². The lowest BCUT2D eigenvalue weighted by atomic mass is 10.2. The van der Waals surface area contributed by atoms with Crippen LogP contribution in [-0.4, -0.2) is 67.2 Å². The first kappa shape index (κ1) is 25.5. The van der Waals surface area contributed by atoms with Gasteiger partial charge in [-0.05, 0) is 51.3 Å². The van der Waals surface area contributed by atoms with Crippen molar-refractivity contribution in [1.82, 2.24) is 14.1 Å². The van der Waals surface area contributed by atoms with E-state index < -0.39 is 20.8 Å². The molecule has 182 valence electrons. The highest BCUT2D eigenvalue weighted by molar-refractivity contribution is 7.89. The Morgan fingerprint density at radius 3 is 2.52 bits per heavy atom. The summed E-state index contributed by atoms with van der Waals surface area (Å²) in [6.45, 7) is 4.65. The van der Waals surface area contributed by atoms with Crippen molar-refractivity contribution >= 4 is 27.3 Å². The maximum absolute atomic E-state index is 13.3. The summed E-state index contributed by atoms with van der Waals surface area (Å²) in [6.07, 6.45) is 3.28. The largest absolute Gasteiger partial charge is 0.486 e. The molecule has 8 nitrogen and oxygen atoms in total. The Labute approximate surface area is 199 Å². The molecule has 1 aliphatic heterocycles. The van der Waals surface area contributed by atoms with Crippen LogP contribution in [0.3, 0.4) is 0 Å². The van der Waals surface area contributed by atoms with Crippen LogP contribution in [0.4, 0.5) is 10.1 Å². The molecular formula is C22H30ClFN4O4S. The summed E-state index contributed by atoms with van der Waals surface area (Å²) in [5, 5.41) is 4.30. The molecule has 0 spiro atoms. The van der Waals surface area contributed by atoms with E-state index in [1.807, 2.05) is 4.90 Å². The van der Waals surface area contributed by atoms with Crippen molar-refractivity contribution in [3.63, 3.8) is 0 Å². The third kappa shape index (κ3) is 6.04. The Hall–Kier alpha value is -2.17. The number of aromatic nitrogens is 2. The van der Waals surface area contributed by atoms with Crippen LogP contribution in [0.1, 0.15) is 33.1 Å². The Morgan fingerprint density at radius 2 is 1.88 bits per heavy atom. The van der Waals surface area contributed by atoms with Crippen molar-refractivity contribution < 1.29 is 17.5 Å². The maximum Gasteiger partial charge on any atom is 0.316 e. The number of piperazine rings is 1. The Bertz CT molecular complexity index is 1100. The van der Waals surface area contributed by atoms with E-state index in [2.05, 4.69) is 5.10 Å². The molecular weight excluding hydrogens is 471 g/mol. The molecule has 0 saturated carbocycles. The van der Waals surface area contributed by atoms with Gasteiger partial charge in [0, 0.05) is 31.2 Å². The predicted molar refractivity (Wildman–Crippen MR) is 128 cm³/mol. The highest BCUT2D eigenvalue weighted by atomic mass is 35.5. The van der Waals surface area contributed by atoms with Crippen LogP contribution in [0.5, 0.6) is 5.75 Å². The van der Waals surface area contributed by atoms with Crippen molar-refractivity contribution in [2.24, 2.45) is 0 Å². The normalized spacial score (nSPS) is 15.2. The first-order valence-electron chi connectivity index (χ1n) is 11.1. The fourth-order valence-corrected chi connectivity index (χ4v) is 5.06. The SMILES string of the molecule is CC(C)S(=O)(=O)N1CCN(c2cnn(-c3cccc(Cl)c3)c(=O)c2OCCCCCF)CC1. The second-order valence-electron chi connectivity index (χ2n) is 8.13. The molecule has 0 unspecified atom stereocenters. The maximum atomic E-state index is 13.3. The molecule has 0 atom stereocenters. The smallest absolute Gasteiger partial charge is 0.316 e. The van der Waals surface area contributed by atoms with E-state index in [0.717, 1.165) is 0 Å². The van der Waals surface area contributed by atoms with Gasteiger partial charge < -0.3 is 9.64 Å². The number of sulfonamides is 1. The number of nitrogens with zero attached hydrogens (tertiary/aromatic N) is 4. The van der Waals surface area contributed by atoms with E-state index in [4.69, 9.17) is 16.3 Å². The molecule has 11 heteroatoms. The van der Waals surface area contributed by atoms with Crippen LogP contribution in [-0.2, 0) is 10.0 Å². The van der Waals surface area contributed by atoms with Crippen molar-refractivity contribution in [2.75, 3.05) is 44.4 Å². The first-order chi connectivity index (χ1) is 15.8. The fourth-order valence-electron chi connectivity index (χ4n) is 3.61. The van der Waals surface area contributed by atoms with Gasteiger partial charge in [-0.3, -0.25) is 9.18 Å². The summed E-state index contributed by atoms with van der Waals surface area (Å²) in [7, 11) is -3.34. The molecule has 1 aromatic heterocycles. The lowest BCUT2D eigenvalue weighted by Gasteiger charge is -2.36. The molecule has 2 heterocycles. The zero-order valence-electron chi connectivity index (χ0n) is 18.9. The second kappa shape index (κ2) is 11.3. The number of hydrogen-bond donors (Lipinski definition) is 0. The summed E-state index contributed by atoms with van der Waals surface area (Å²) >= 11 is 6.08. The number of benzene rings is 1. The standard InChI is InChI=1S/C22H30ClFN4O4S/c1-17(2)33(30,31)27-12-10-26(11-13-27)20-16-25-28(19-8-6-7-18(23)15-19)22(29)21(20)32-14-5-3-4-9-24/h6-8,15-17H,3-5,9-14H2,1-2H3. The third-order valence-electron chi connectivity index (χ3n) is 5.53. The van der Waals surface area contributed by atoms with Gasteiger partial charge in [0.15, 0.2) is 0 Å². The van der Waals surface area contributed by atoms with Gasteiger partial charge in [0.25, 0.3) is 0 Å². The second-order valence-corrected chi connectivity index (χ2v) is 11.1. The topological polar surface area (TPSA) is 84.7 Å². The minimum Gasteiger partial charge on any atom is -0.486 e. The Balaban J connectivity index is 1.87. The van der Waals surface area contributed by atoms with Gasteiger partial charge in [-0.1, -0.05) is 17.7 Å². The van der Waals surface area contributed by atoms with Crippen LogP contribution in [0.2, 0.25) is 5.02 Å². The molecule has 1 saturated heterocycles. The highest BCUT2D eigenvalue weighted by Crippen LogP contribution is 2.27. The number of ether oxygens (including phenoxy) is 1. The van der Waals surface area contributed by atoms with E-state index in [-0.39, 0.29) is 19.0 Å². The molecule has 3 rings (SSSR count). The molecule has 33 heavy (non-hydrogen) atoms. The zero-order chi connectivity index (χ0) is 24.0. The number of alkyl halides is 1. The zero-order valence-corrected chi connectivity index (χ0v) is 20.5. The third-order valence-corrected chi connectivity index (χ3v) is 8.04. The number of hydrogen-bond acceptors (Lipinski definition) is 6. The molecule has 0 aliphatic carbocycles. The predicted octanol–water partition coefficient (Wildman–Crippen LogP) is 3.26. The minimum absolute atomic E-state index is 0.144. The van der Waals surface area contributed by atoms with Gasteiger partial charge >= 0.3 is 5.56 Å². The molecule has 0 amide bonds. The summed E-state index contributed by atoms with van der Waals surface area (Å²) in [6, 6.07) is 6.79. The first-order valence-corrected chi connectivity index (χ1v) is 12.9. The van der Waals surface area contributed by atoms with Gasteiger partial charge in [-0.15, -0.1) is 0 Å². The van der Waals surface area contributed by atoms with E-state index in [9.17, 15) is 17.6 Å². The molecule has 0 N–H and O–H groups in total. The summed E-state index contributed by atoms with van der Waals surface area (Å²) < 4.78 is 46.0. The molecule has 0 radical (unpaired) electrons. The molecule has 1 aliphatic rings. The molecule has 1 fully saturated rings.